The molecule has 1 atom stereocenters. The Balaban J connectivity index is 1.69. The van der Waals surface area contributed by atoms with Crippen LogP contribution in [0.25, 0.3) is 0 Å². The van der Waals surface area contributed by atoms with E-state index in [1.54, 1.807) is 11.1 Å². The second-order valence-corrected chi connectivity index (χ2v) is 6.15. The van der Waals surface area contributed by atoms with E-state index >= 15 is 0 Å². The van der Waals surface area contributed by atoms with Crippen LogP contribution < -0.4 is 5.32 Å². The van der Waals surface area contributed by atoms with Crippen molar-refractivity contribution in [2.45, 2.75) is 70.4 Å². The molecule has 2 aliphatic rings. The van der Waals surface area contributed by atoms with Gasteiger partial charge in [0.25, 0.3) is 0 Å². The lowest BCUT2D eigenvalue weighted by molar-refractivity contribution is 0.397. The Bertz CT molecular complexity index is 402. The number of aryl methyl sites for hydroxylation is 2. The highest BCUT2D eigenvalue weighted by Gasteiger charge is 2.24. The summed E-state index contributed by atoms with van der Waals surface area (Å²) in [7, 11) is 0. The lowest BCUT2D eigenvalue weighted by atomic mass is 10.0. The third-order valence-corrected chi connectivity index (χ3v) is 4.67. The van der Waals surface area contributed by atoms with Crippen LogP contribution in [0, 0.1) is 6.92 Å². The Morgan fingerprint density at radius 2 is 1.78 bits per heavy atom. The molecule has 0 saturated heterocycles. The number of nitrogens with one attached hydrogen (secondary N) is 1. The zero-order valence-corrected chi connectivity index (χ0v) is 11.5. The average molecular weight is 243 g/mol. The molecule has 0 radical (unpaired) electrons. The van der Waals surface area contributed by atoms with E-state index in [1.807, 2.05) is 0 Å². The lowest BCUT2D eigenvalue weighted by Gasteiger charge is -2.22. The van der Waals surface area contributed by atoms with Crippen LogP contribution in [-0.2, 0) is 6.42 Å². The highest BCUT2D eigenvalue weighted by Crippen LogP contribution is 2.33. The smallest absolute Gasteiger partial charge is 0.0328 e. The van der Waals surface area contributed by atoms with E-state index in [4.69, 9.17) is 0 Å². The highest BCUT2D eigenvalue weighted by atomic mass is 15.0. The van der Waals surface area contributed by atoms with Gasteiger partial charge in [-0.2, -0.15) is 0 Å². The van der Waals surface area contributed by atoms with Crippen molar-refractivity contribution in [3.05, 3.63) is 34.9 Å². The number of rotatable bonds is 2. The van der Waals surface area contributed by atoms with Crippen LogP contribution in [0.15, 0.2) is 18.2 Å². The van der Waals surface area contributed by atoms with E-state index in [2.05, 4.69) is 30.4 Å². The summed E-state index contributed by atoms with van der Waals surface area (Å²) in [5, 5.41) is 3.94. The molecule has 1 fully saturated rings. The summed E-state index contributed by atoms with van der Waals surface area (Å²) in [4.78, 5) is 0. The summed E-state index contributed by atoms with van der Waals surface area (Å²) in [5.74, 6) is 0. The number of benzene rings is 1. The zero-order valence-electron chi connectivity index (χ0n) is 11.5. The van der Waals surface area contributed by atoms with Crippen LogP contribution in [-0.4, -0.2) is 6.04 Å². The molecule has 1 aromatic carbocycles. The summed E-state index contributed by atoms with van der Waals surface area (Å²) >= 11 is 0. The molecule has 3 rings (SSSR count). The second kappa shape index (κ2) is 5.44. The predicted octanol–water partition coefficient (Wildman–Crippen LogP) is 4.29. The van der Waals surface area contributed by atoms with Crippen molar-refractivity contribution < 1.29 is 0 Å². The molecule has 0 amide bonds. The Hall–Kier alpha value is -0.820. The fourth-order valence-corrected chi connectivity index (χ4v) is 3.63. The van der Waals surface area contributed by atoms with E-state index in [1.165, 1.54) is 56.9 Å². The largest absolute Gasteiger partial charge is 0.307 e. The summed E-state index contributed by atoms with van der Waals surface area (Å²) in [6.07, 6.45) is 11.1. The van der Waals surface area contributed by atoms with Gasteiger partial charge in [-0.25, -0.2) is 0 Å². The number of hydrogen-bond acceptors (Lipinski definition) is 1. The average Bonchev–Trinajstić information content (AvgIpc) is 2.60. The van der Waals surface area contributed by atoms with Crippen LogP contribution in [0.1, 0.15) is 67.7 Å². The quantitative estimate of drug-likeness (QED) is 0.764. The van der Waals surface area contributed by atoms with Gasteiger partial charge in [-0.05, 0) is 43.7 Å². The van der Waals surface area contributed by atoms with Crippen molar-refractivity contribution in [1.29, 1.82) is 0 Å². The van der Waals surface area contributed by atoms with Gasteiger partial charge in [0.1, 0.15) is 0 Å². The minimum Gasteiger partial charge on any atom is -0.307 e. The molecule has 1 aromatic rings. The number of hydrogen-bond donors (Lipinski definition) is 1. The third kappa shape index (κ3) is 2.61. The standard InChI is InChI=1S/C17H25N/c1-13-8-9-14-10-11-17(16(14)12-13)18-15-6-4-2-3-5-7-15/h8-9,12,15,17-18H,2-7,10-11H2,1H3. The molecule has 0 aliphatic heterocycles. The molecule has 98 valence electrons. The molecule has 0 heterocycles. The van der Waals surface area contributed by atoms with Crippen molar-refractivity contribution >= 4 is 0 Å². The van der Waals surface area contributed by atoms with Crippen molar-refractivity contribution in [2.24, 2.45) is 0 Å². The van der Waals surface area contributed by atoms with Crippen molar-refractivity contribution in [3.8, 4) is 0 Å². The van der Waals surface area contributed by atoms with E-state index < -0.39 is 0 Å². The molecule has 1 heteroatoms. The van der Waals surface area contributed by atoms with Crippen LogP contribution in [0.4, 0.5) is 0 Å². The Morgan fingerprint density at radius 3 is 2.56 bits per heavy atom. The van der Waals surface area contributed by atoms with Crippen molar-refractivity contribution in [3.63, 3.8) is 0 Å². The van der Waals surface area contributed by atoms with E-state index in [0.29, 0.717) is 6.04 Å². The minimum absolute atomic E-state index is 0.628. The number of fused-ring (bicyclic) bond motifs is 1. The van der Waals surface area contributed by atoms with Crippen molar-refractivity contribution in [1.82, 2.24) is 5.32 Å². The first kappa shape index (κ1) is 12.2. The maximum Gasteiger partial charge on any atom is 0.0328 e. The monoisotopic (exact) mass is 243 g/mol. The van der Waals surface area contributed by atoms with E-state index in [9.17, 15) is 0 Å². The van der Waals surface area contributed by atoms with Crippen LogP contribution in [0.2, 0.25) is 0 Å². The molecule has 18 heavy (non-hydrogen) atoms. The van der Waals surface area contributed by atoms with Gasteiger partial charge >= 0.3 is 0 Å². The van der Waals surface area contributed by atoms with E-state index in [0.717, 1.165) is 6.04 Å². The Labute approximate surface area is 111 Å². The molecular formula is C17H25N. The van der Waals surface area contributed by atoms with Gasteiger partial charge < -0.3 is 5.32 Å². The topological polar surface area (TPSA) is 12.0 Å². The van der Waals surface area contributed by atoms with Crippen LogP contribution in [0.3, 0.4) is 0 Å². The maximum atomic E-state index is 3.94. The van der Waals surface area contributed by atoms with Crippen molar-refractivity contribution in [2.75, 3.05) is 0 Å². The zero-order chi connectivity index (χ0) is 12.4. The fraction of sp³-hybridized carbons (Fsp3) is 0.647. The minimum atomic E-state index is 0.628. The fourth-order valence-electron chi connectivity index (χ4n) is 3.63. The molecular weight excluding hydrogens is 218 g/mol. The molecule has 1 unspecified atom stereocenters. The maximum absolute atomic E-state index is 3.94. The molecule has 1 N–H and O–H groups in total. The third-order valence-electron chi connectivity index (χ3n) is 4.67. The Morgan fingerprint density at radius 1 is 1.00 bits per heavy atom. The summed E-state index contributed by atoms with van der Waals surface area (Å²) in [6, 6.07) is 8.38. The molecule has 0 spiro atoms. The SMILES string of the molecule is Cc1ccc2c(c1)C(NC1CCCCCC1)CC2. The first-order valence-corrected chi connectivity index (χ1v) is 7.68. The summed E-state index contributed by atoms with van der Waals surface area (Å²) in [5.41, 5.74) is 4.56. The predicted molar refractivity (Wildman–Crippen MR) is 76.9 cm³/mol. The molecule has 1 nitrogen and oxygen atoms in total. The second-order valence-electron chi connectivity index (χ2n) is 6.15. The van der Waals surface area contributed by atoms with Gasteiger partial charge in [-0.3, -0.25) is 0 Å². The molecule has 0 aromatic heterocycles. The molecule has 2 aliphatic carbocycles. The normalized spacial score (nSPS) is 24.8. The highest BCUT2D eigenvalue weighted by molar-refractivity contribution is 5.37. The molecule has 1 saturated carbocycles. The first-order chi connectivity index (χ1) is 8.83. The Kier molecular flexibility index (Phi) is 3.69. The van der Waals surface area contributed by atoms with Gasteiger partial charge in [0, 0.05) is 12.1 Å². The van der Waals surface area contributed by atoms with Gasteiger partial charge in [0.15, 0.2) is 0 Å². The van der Waals surface area contributed by atoms with Gasteiger partial charge in [-0.1, -0.05) is 49.4 Å². The first-order valence-electron chi connectivity index (χ1n) is 7.68. The summed E-state index contributed by atoms with van der Waals surface area (Å²) < 4.78 is 0. The van der Waals surface area contributed by atoms with Gasteiger partial charge in [0.2, 0.25) is 0 Å². The van der Waals surface area contributed by atoms with Gasteiger partial charge in [-0.15, -0.1) is 0 Å². The summed E-state index contributed by atoms with van der Waals surface area (Å²) in [6.45, 7) is 2.21. The molecule has 0 bridgehead atoms. The van der Waals surface area contributed by atoms with Gasteiger partial charge in [0.05, 0.1) is 0 Å². The van der Waals surface area contributed by atoms with Crippen LogP contribution >= 0.6 is 0 Å². The lowest BCUT2D eigenvalue weighted by Crippen LogP contribution is -2.31. The van der Waals surface area contributed by atoms with E-state index in [-0.39, 0.29) is 0 Å². The van der Waals surface area contributed by atoms with Crippen LogP contribution in [0.5, 0.6) is 0 Å².